The van der Waals surface area contributed by atoms with Gasteiger partial charge in [-0.2, -0.15) is 0 Å². The van der Waals surface area contributed by atoms with Crippen LogP contribution in [0.4, 0.5) is 0 Å². The zero-order valence-electron chi connectivity index (χ0n) is 22.7. The summed E-state index contributed by atoms with van der Waals surface area (Å²) in [6.45, 7) is 3.30. The Balaban J connectivity index is 1.82. The van der Waals surface area contributed by atoms with Crippen molar-refractivity contribution < 1.29 is 19.4 Å². The topological polar surface area (TPSA) is 113 Å². The fourth-order valence-corrected chi connectivity index (χ4v) is 5.45. The lowest BCUT2D eigenvalue weighted by molar-refractivity contribution is -0.132. The predicted molar refractivity (Wildman–Crippen MR) is 155 cm³/mol. The number of aromatic nitrogens is 2. The molecule has 204 valence electrons. The van der Waals surface area contributed by atoms with Gasteiger partial charge in [0.1, 0.15) is 11.5 Å². The molecular weight excluding hydrogens is 506 g/mol. The van der Waals surface area contributed by atoms with E-state index in [-0.39, 0.29) is 22.8 Å². The van der Waals surface area contributed by atoms with Gasteiger partial charge in [0.15, 0.2) is 0 Å². The summed E-state index contributed by atoms with van der Waals surface area (Å²) in [4.78, 5) is 41.1. The van der Waals surface area contributed by atoms with Gasteiger partial charge in [0, 0.05) is 55.0 Å². The van der Waals surface area contributed by atoms with Crippen molar-refractivity contribution in [1.82, 2.24) is 14.9 Å². The summed E-state index contributed by atoms with van der Waals surface area (Å²) >= 11 is 0. The fourth-order valence-electron chi connectivity index (χ4n) is 5.45. The van der Waals surface area contributed by atoms with Crippen LogP contribution in [0.15, 0.2) is 77.6 Å². The van der Waals surface area contributed by atoms with Crippen LogP contribution >= 0.6 is 0 Å². The molecule has 2 heterocycles. The third kappa shape index (κ3) is 4.96. The Morgan fingerprint density at radius 2 is 1.65 bits per heavy atom. The number of carbonyl (C=O) groups excluding carboxylic acids is 2. The molecule has 1 unspecified atom stereocenters. The minimum absolute atomic E-state index is 0.100. The van der Waals surface area contributed by atoms with Crippen LogP contribution in [-0.2, 0) is 23.1 Å². The molecule has 0 saturated carbocycles. The molecule has 0 aliphatic heterocycles. The second-order valence-electron chi connectivity index (χ2n) is 9.86. The first-order valence-corrected chi connectivity index (χ1v) is 13.2. The lowest BCUT2D eigenvalue weighted by Gasteiger charge is -2.23. The molecule has 8 nitrogen and oxygen atoms in total. The minimum Gasteiger partial charge on any atom is -0.507 e. The number of aromatic hydroxyl groups is 1. The zero-order valence-corrected chi connectivity index (χ0v) is 22.7. The number of aromatic amines is 1. The van der Waals surface area contributed by atoms with Gasteiger partial charge in [0.2, 0.25) is 5.91 Å². The molecule has 3 N–H and O–H groups in total. The second kappa shape index (κ2) is 11.1. The number of carbonyl (C=O) groups is 2. The molecule has 5 aromatic rings. The van der Waals surface area contributed by atoms with Gasteiger partial charge in [-0.25, -0.2) is 0 Å². The Bertz CT molecular complexity index is 1800. The Kier molecular flexibility index (Phi) is 7.42. The number of fused-ring (bicyclic) bond motifs is 2. The number of nitrogens with zero attached hydrogens (tertiary/aromatic N) is 1. The number of benzene rings is 3. The largest absolute Gasteiger partial charge is 0.507 e. The van der Waals surface area contributed by atoms with Crippen molar-refractivity contribution >= 4 is 33.7 Å². The van der Waals surface area contributed by atoms with Gasteiger partial charge in [0.25, 0.3) is 5.56 Å². The SMILES string of the molecule is CC(=O)NCCCc1c(C(c2ccccc2OC(C)=O)c2c(O)c3ccccc3n(C)c2=O)[nH]c2ccccc12. The molecular formula is C32H31N3O5. The number of hydrogen-bond donors (Lipinski definition) is 3. The number of hydrogen-bond acceptors (Lipinski definition) is 5. The third-order valence-corrected chi connectivity index (χ3v) is 7.20. The van der Waals surface area contributed by atoms with Crippen LogP contribution < -0.4 is 15.6 Å². The van der Waals surface area contributed by atoms with Crippen molar-refractivity contribution in [3.05, 3.63) is 106 Å². The Morgan fingerprint density at radius 1 is 0.975 bits per heavy atom. The van der Waals surface area contributed by atoms with E-state index in [1.54, 1.807) is 31.3 Å². The van der Waals surface area contributed by atoms with E-state index < -0.39 is 11.9 Å². The Labute approximate surface area is 231 Å². The van der Waals surface area contributed by atoms with Crippen molar-refractivity contribution in [2.75, 3.05) is 6.54 Å². The maximum absolute atomic E-state index is 14.0. The summed E-state index contributed by atoms with van der Waals surface area (Å²) in [7, 11) is 1.68. The van der Waals surface area contributed by atoms with E-state index in [1.807, 2.05) is 48.5 Å². The fraction of sp³-hybridized carbons (Fsp3) is 0.219. The van der Waals surface area contributed by atoms with E-state index in [4.69, 9.17) is 4.74 Å². The van der Waals surface area contributed by atoms with Crippen LogP contribution in [0.2, 0.25) is 0 Å². The van der Waals surface area contributed by atoms with E-state index in [0.717, 1.165) is 16.5 Å². The molecule has 8 heteroatoms. The summed E-state index contributed by atoms with van der Waals surface area (Å²) in [6, 6.07) is 22.1. The zero-order chi connectivity index (χ0) is 28.4. The standard InChI is InChI=1S/C32H31N3O5/c1-19(36)33-18-10-14-22-21-11-4-7-15-25(21)34-30(22)28(24-13-6-9-17-27(24)40-20(2)37)29-31(38)23-12-5-8-16-26(23)35(3)32(29)39/h4-9,11-13,15-17,28,34,38H,10,14,18H2,1-3H3,(H,33,36). The maximum atomic E-state index is 14.0. The molecule has 1 atom stereocenters. The number of H-pyrrole nitrogens is 1. The van der Waals surface area contributed by atoms with Gasteiger partial charge < -0.3 is 24.7 Å². The summed E-state index contributed by atoms with van der Waals surface area (Å²) < 4.78 is 7.15. The monoisotopic (exact) mass is 537 g/mol. The number of ether oxygens (including phenoxy) is 1. The molecule has 3 aromatic carbocycles. The van der Waals surface area contributed by atoms with Crippen LogP contribution in [-0.4, -0.2) is 33.1 Å². The summed E-state index contributed by atoms with van der Waals surface area (Å²) in [6.07, 6.45) is 1.26. The molecule has 0 bridgehead atoms. The van der Waals surface area contributed by atoms with Gasteiger partial charge in [-0.15, -0.1) is 0 Å². The van der Waals surface area contributed by atoms with Gasteiger partial charge >= 0.3 is 5.97 Å². The maximum Gasteiger partial charge on any atom is 0.308 e. The number of aryl methyl sites for hydroxylation is 2. The lowest BCUT2D eigenvalue weighted by Crippen LogP contribution is -2.26. The van der Waals surface area contributed by atoms with E-state index in [1.165, 1.54) is 18.4 Å². The summed E-state index contributed by atoms with van der Waals surface area (Å²) in [5.74, 6) is -1.20. The quantitative estimate of drug-likeness (QED) is 0.148. The number of pyridine rings is 1. The van der Waals surface area contributed by atoms with Gasteiger partial charge in [-0.1, -0.05) is 48.5 Å². The normalized spacial score (nSPS) is 12.0. The Hall–Kier alpha value is -4.85. The van der Waals surface area contributed by atoms with Crippen LogP contribution in [0.3, 0.4) is 0 Å². The smallest absolute Gasteiger partial charge is 0.308 e. The molecule has 5 rings (SSSR count). The van der Waals surface area contributed by atoms with Gasteiger partial charge in [-0.3, -0.25) is 14.4 Å². The van der Waals surface area contributed by atoms with Crippen LogP contribution in [0, 0.1) is 0 Å². The summed E-state index contributed by atoms with van der Waals surface area (Å²) in [5, 5.41) is 16.0. The lowest BCUT2D eigenvalue weighted by atomic mass is 9.84. The van der Waals surface area contributed by atoms with Crippen LogP contribution in [0.1, 0.15) is 48.6 Å². The molecule has 1 amide bonds. The first kappa shape index (κ1) is 26.7. The van der Waals surface area contributed by atoms with Crippen molar-refractivity contribution in [2.24, 2.45) is 7.05 Å². The highest BCUT2D eigenvalue weighted by Gasteiger charge is 2.32. The minimum atomic E-state index is -0.790. The van der Waals surface area contributed by atoms with Crippen molar-refractivity contribution in [2.45, 2.75) is 32.6 Å². The molecule has 0 spiro atoms. The third-order valence-electron chi connectivity index (χ3n) is 7.20. The Morgan fingerprint density at radius 3 is 2.40 bits per heavy atom. The predicted octanol–water partition coefficient (Wildman–Crippen LogP) is 4.90. The molecule has 0 saturated heterocycles. The number of rotatable bonds is 8. The van der Waals surface area contributed by atoms with Crippen molar-refractivity contribution in [1.29, 1.82) is 0 Å². The van der Waals surface area contributed by atoms with Gasteiger partial charge in [0.05, 0.1) is 17.0 Å². The van der Waals surface area contributed by atoms with Gasteiger partial charge in [-0.05, 0) is 42.7 Å². The number of nitrogens with one attached hydrogen (secondary N) is 2. The van der Waals surface area contributed by atoms with Crippen LogP contribution in [0.25, 0.3) is 21.8 Å². The number of esters is 1. The second-order valence-corrected chi connectivity index (χ2v) is 9.86. The molecule has 0 radical (unpaired) electrons. The highest BCUT2D eigenvalue weighted by atomic mass is 16.5. The molecule has 40 heavy (non-hydrogen) atoms. The van der Waals surface area contributed by atoms with E-state index in [0.29, 0.717) is 47.3 Å². The number of amides is 1. The van der Waals surface area contributed by atoms with Crippen molar-refractivity contribution in [3.8, 4) is 11.5 Å². The first-order chi connectivity index (χ1) is 19.3. The summed E-state index contributed by atoms with van der Waals surface area (Å²) in [5.41, 5.74) is 3.53. The van der Waals surface area contributed by atoms with Crippen molar-refractivity contribution in [3.63, 3.8) is 0 Å². The highest BCUT2D eigenvalue weighted by Crippen LogP contribution is 2.43. The van der Waals surface area contributed by atoms with E-state index in [2.05, 4.69) is 10.3 Å². The average molecular weight is 538 g/mol. The highest BCUT2D eigenvalue weighted by molar-refractivity contribution is 5.89. The molecule has 0 aliphatic rings. The molecule has 0 aliphatic carbocycles. The average Bonchev–Trinajstić information content (AvgIpc) is 3.30. The van der Waals surface area contributed by atoms with Crippen LogP contribution in [0.5, 0.6) is 11.5 Å². The first-order valence-electron chi connectivity index (χ1n) is 13.2. The van der Waals surface area contributed by atoms with E-state index >= 15 is 0 Å². The number of para-hydroxylation sites is 3. The molecule has 2 aromatic heterocycles. The molecule has 0 fully saturated rings. The van der Waals surface area contributed by atoms with E-state index in [9.17, 15) is 19.5 Å².